The molecule has 2 radical (unpaired) electrons. The quantitative estimate of drug-likeness (QED) is 0.565. The summed E-state index contributed by atoms with van der Waals surface area (Å²) in [5, 5.41) is 0. The van der Waals surface area contributed by atoms with Gasteiger partial charge in [0.1, 0.15) is 0 Å². The van der Waals surface area contributed by atoms with Crippen LogP contribution in [-0.4, -0.2) is 51.6 Å². The summed E-state index contributed by atoms with van der Waals surface area (Å²) in [5.74, 6) is 0. The molecule has 0 aromatic heterocycles. The maximum atomic E-state index is 6.37. The first kappa shape index (κ1) is 19.9. The van der Waals surface area contributed by atoms with Gasteiger partial charge in [-0.2, -0.15) is 0 Å². The van der Waals surface area contributed by atoms with E-state index in [-0.39, 0.29) is 0 Å². The van der Waals surface area contributed by atoms with Crippen molar-refractivity contribution in [2.45, 2.75) is 58.4 Å². The van der Waals surface area contributed by atoms with Gasteiger partial charge < -0.3 is 16.8 Å². The molecule has 0 aromatic rings. The van der Waals surface area contributed by atoms with Crippen molar-refractivity contribution >= 4 is 45.0 Å². The minimum Gasteiger partial charge on any atom is -0.440 e. The molecular weight excluding hydrogens is 325 g/mol. The van der Waals surface area contributed by atoms with Crippen LogP contribution in [0.4, 0.5) is 0 Å². The van der Waals surface area contributed by atoms with Crippen LogP contribution >= 0.6 is 0 Å². The molecular formula is C10H30O4Si5. The summed E-state index contributed by atoms with van der Waals surface area (Å²) in [4.78, 5) is 0. The highest BCUT2D eigenvalue weighted by molar-refractivity contribution is 6.83. The van der Waals surface area contributed by atoms with Crippen molar-refractivity contribution in [1.82, 2.24) is 0 Å². The molecule has 4 nitrogen and oxygen atoms in total. The summed E-state index contributed by atoms with van der Waals surface area (Å²) in [6.07, 6.45) is 0. The van der Waals surface area contributed by atoms with Crippen molar-refractivity contribution in [3.05, 3.63) is 0 Å². The minimum absolute atomic E-state index is 0.467. The van der Waals surface area contributed by atoms with Gasteiger partial charge in [0.25, 0.3) is 0 Å². The van der Waals surface area contributed by atoms with Crippen molar-refractivity contribution in [3.63, 3.8) is 0 Å². The highest BCUT2D eigenvalue weighted by atomic mass is 28.5. The second-order valence-corrected chi connectivity index (χ2v) is 18.9. The molecule has 0 aromatic carbocycles. The summed E-state index contributed by atoms with van der Waals surface area (Å²) >= 11 is 0. The molecule has 19 heavy (non-hydrogen) atoms. The van der Waals surface area contributed by atoms with Gasteiger partial charge in [-0.1, -0.05) is 0 Å². The fraction of sp³-hybridized carbons (Fsp3) is 1.00. The van der Waals surface area contributed by atoms with Crippen molar-refractivity contribution in [2.75, 3.05) is 6.61 Å². The van der Waals surface area contributed by atoms with E-state index in [0.29, 0.717) is 9.76 Å². The summed E-state index contributed by atoms with van der Waals surface area (Å²) < 4.78 is 24.2. The van der Waals surface area contributed by atoms with Crippen LogP contribution in [0.15, 0.2) is 0 Å². The summed E-state index contributed by atoms with van der Waals surface area (Å²) in [7, 11) is -5.76. The Morgan fingerprint density at radius 1 is 1.00 bits per heavy atom. The predicted molar refractivity (Wildman–Crippen MR) is 92.5 cm³/mol. The Morgan fingerprint density at radius 2 is 1.58 bits per heavy atom. The van der Waals surface area contributed by atoms with Crippen LogP contribution in [0.2, 0.25) is 58.4 Å². The van der Waals surface area contributed by atoms with Crippen LogP contribution in [0.3, 0.4) is 0 Å². The van der Waals surface area contributed by atoms with Gasteiger partial charge in [0.2, 0.25) is 9.76 Å². The van der Waals surface area contributed by atoms with Crippen LogP contribution in [0.5, 0.6) is 0 Å². The lowest BCUT2D eigenvalue weighted by Gasteiger charge is -2.36. The van der Waals surface area contributed by atoms with Crippen molar-refractivity contribution < 1.29 is 16.8 Å². The molecule has 1 atom stereocenters. The van der Waals surface area contributed by atoms with E-state index in [2.05, 4.69) is 52.4 Å². The lowest BCUT2D eigenvalue weighted by atomic mass is 10.9. The second kappa shape index (κ2) is 9.05. The van der Waals surface area contributed by atoms with E-state index in [9.17, 15) is 0 Å². The SMILES string of the molecule is C[Si]O[Si@@](C)(CCO[SiH](C)C)O[Si](C)(C)O[SiH](C)C. The Hall–Kier alpha value is 0.924. The van der Waals surface area contributed by atoms with E-state index >= 15 is 0 Å². The lowest BCUT2D eigenvalue weighted by molar-refractivity contribution is 0.302. The van der Waals surface area contributed by atoms with Gasteiger partial charge in [-0.3, -0.25) is 0 Å². The van der Waals surface area contributed by atoms with E-state index < -0.39 is 35.2 Å². The predicted octanol–water partition coefficient (Wildman–Crippen LogP) is 2.46. The Morgan fingerprint density at radius 3 is 2.00 bits per heavy atom. The van der Waals surface area contributed by atoms with E-state index in [1.807, 2.05) is 0 Å². The molecule has 0 saturated carbocycles. The minimum atomic E-state index is -2.15. The van der Waals surface area contributed by atoms with Gasteiger partial charge in [-0.25, -0.2) is 0 Å². The van der Waals surface area contributed by atoms with Crippen LogP contribution < -0.4 is 0 Å². The molecule has 0 rings (SSSR count). The molecule has 0 amide bonds. The summed E-state index contributed by atoms with van der Waals surface area (Å²) in [6, 6.07) is 0.901. The molecule has 114 valence electrons. The molecule has 0 unspecified atom stereocenters. The van der Waals surface area contributed by atoms with E-state index in [1.54, 1.807) is 0 Å². The fourth-order valence-corrected chi connectivity index (χ4v) is 15.7. The van der Waals surface area contributed by atoms with E-state index in [4.69, 9.17) is 16.8 Å². The molecule has 0 bridgehead atoms. The van der Waals surface area contributed by atoms with Gasteiger partial charge in [0, 0.05) is 12.7 Å². The van der Waals surface area contributed by atoms with Crippen molar-refractivity contribution in [1.29, 1.82) is 0 Å². The summed E-state index contributed by atoms with van der Waals surface area (Å²) in [5.41, 5.74) is 0. The van der Waals surface area contributed by atoms with Gasteiger partial charge in [0.05, 0.1) is 0 Å². The van der Waals surface area contributed by atoms with Crippen LogP contribution in [0, 0.1) is 0 Å². The molecule has 0 aliphatic carbocycles. The van der Waals surface area contributed by atoms with Crippen molar-refractivity contribution in [3.8, 4) is 0 Å². The van der Waals surface area contributed by atoms with E-state index in [0.717, 1.165) is 12.7 Å². The number of hydrogen-bond acceptors (Lipinski definition) is 4. The zero-order valence-electron chi connectivity index (χ0n) is 13.7. The molecule has 0 spiro atoms. The third kappa shape index (κ3) is 10.3. The Bertz CT molecular complexity index is 252. The van der Waals surface area contributed by atoms with Gasteiger partial charge in [-0.05, 0) is 52.4 Å². The van der Waals surface area contributed by atoms with Crippen molar-refractivity contribution in [2.24, 2.45) is 0 Å². The van der Waals surface area contributed by atoms with E-state index in [1.165, 1.54) is 0 Å². The van der Waals surface area contributed by atoms with Gasteiger partial charge in [-0.15, -0.1) is 0 Å². The standard InChI is InChI=1S/C10H30O4Si5/c1-15-12-19(8,10-9-11-16(2)3)14-18(6,7)13-17(4)5/h16-17H,9-10H2,1-8H3/t19-/m1/s1. The van der Waals surface area contributed by atoms with Gasteiger partial charge in [0.15, 0.2) is 18.1 Å². The smallest absolute Gasteiger partial charge is 0.317 e. The largest absolute Gasteiger partial charge is 0.440 e. The fourth-order valence-electron chi connectivity index (χ4n) is 1.93. The normalized spacial score (nSPS) is 16.1. The highest BCUT2D eigenvalue weighted by Gasteiger charge is 2.39. The molecule has 9 heteroatoms. The zero-order valence-corrected chi connectivity index (χ0v) is 19.0. The average Bonchev–Trinajstić information content (AvgIpc) is 2.12. The maximum Gasteiger partial charge on any atom is 0.317 e. The Balaban J connectivity index is 4.50. The van der Waals surface area contributed by atoms with Crippen LogP contribution in [0.25, 0.3) is 0 Å². The lowest BCUT2D eigenvalue weighted by Crippen LogP contribution is -2.52. The highest BCUT2D eigenvalue weighted by Crippen LogP contribution is 2.21. The Labute approximate surface area is 127 Å². The van der Waals surface area contributed by atoms with Crippen LogP contribution in [-0.2, 0) is 16.8 Å². The topological polar surface area (TPSA) is 36.9 Å². The summed E-state index contributed by atoms with van der Waals surface area (Å²) in [6.45, 7) is 18.0. The second-order valence-electron chi connectivity index (χ2n) is 5.78. The molecule has 0 N–H and O–H groups in total. The Kier molecular flexibility index (Phi) is 9.49. The van der Waals surface area contributed by atoms with Gasteiger partial charge >= 0.3 is 17.1 Å². The molecule has 0 aliphatic rings. The zero-order chi connectivity index (χ0) is 15.1. The molecule has 0 heterocycles. The maximum absolute atomic E-state index is 6.37. The van der Waals surface area contributed by atoms with Crippen LogP contribution in [0.1, 0.15) is 0 Å². The molecule has 0 fully saturated rings. The number of hydrogen-bond donors (Lipinski definition) is 0. The first-order chi connectivity index (χ1) is 8.60. The molecule has 0 saturated heterocycles. The third-order valence-corrected chi connectivity index (χ3v) is 14.7. The number of rotatable bonds is 10. The third-order valence-electron chi connectivity index (χ3n) is 2.31. The average molecular weight is 355 g/mol. The first-order valence-electron chi connectivity index (χ1n) is 6.94. The first-order valence-corrected chi connectivity index (χ1v) is 19.3. The monoisotopic (exact) mass is 354 g/mol. The molecule has 0 aliphatic heterocycles.